The van der Waals surface area contributed by atoms with Gasteiger partial charge in [0.1, 0.15) is 0 Å². The first-order valence-corrected chi connectivity index (χ1v) is 7.21. The number of hydrogen-bond donors (Lipinski definition) is 1. The highest BCUT2D eigenvalue weighted by molar-refractivity contribution is 7.94. The molecule has 0 aromatic heterocycles. The van der Waals surface area contributed by atoms with Gasteiger partial charge in [0, 0.05) is 37.1 Å². The Morgan fingerprint density at radius 1 is 1.53 bits per heavy atom. The molecular weight excluding hydrogens is 212 g/mol. The van der Waals surface area contributed by atoms with Crippen molar-refractivity contribution in [2.75, 3.05) is 25.4 Å². The quantitative estimate of drug-likeness (QED) is 0.724. The predicted octanol–water partition coefficient (Wildman–Crippen LogP) is -0.0191. The molecule has 86 valence electrons. The number of rotatable bonds is 2. The maximum Gasteiger partial charge on any atom is 0.173 e. The molecule has 4 nitrogen and oxygen atoms in total. The van der Waals surface area contributed by atoms with Gasteiger partial charge in [-0.15, -0.1) is 0 Å². The monoisotopic (exact) mass is 230 g/mol. The van der Waals surface area contributed by atoms with E-state index >= 15 is 0 Å². The van der Waals surface area contributed by atoms with Crippen LogP contribution in [0, 0.1) is 0 Å². The summed E-state index contributed by atoms with van der Waals surface area (Å²) >= 11 is 0. The normalized spacial score (nSPS) is 35.8. The first-order chi connectivity index (χ1) is 7.12. The van der Waals surface area contributed by atoms with Gasteiger partial charge in [-0.05, 0) is 6.42 Å². The van der Waals surface area contributed by atoms with Crippen molar-refractivity contribution >= 4 is 9.84 Å². The maximum absolute atomic E-state index is 11.3. The van der Waals surface area contributed by atoms with Crippen LogP contribution in [-0.2, 0) is 9.84 Å². The van der Waals surface area contributed by atoms with Gasteiger partial charge in [-0.2, -0.15) is 0 Å². The Balaban J connectivity index is 2.07. The first kappa shape index (κ1) is 11.1. The summed E-state index contributed by atoms with van der Waals surface area (Å²) in [5.41, 5.74) is 0. The molecule has 0 aliphatic carbocycles. The molecule has 0 bridgehead atoms. The summed E-state index contributed by atoms with van der Waals surface area (Å²) in [7, 11) is -2.92. The van der Waals surface area contributed by atoms with Gasteiger partial charge >= 0.3 is 0 Å². The number of piperazine rings is 1. The van der Waals surface area contributed by atoms with E-state index in [-0.39, 0.29) is 11.8 Å². The lowest BCUT2D eigenvalue weighted by Gasteiger charge is -2.38. The second-order valence-electron chi connectivity index (χ2n) is 4.23. The molecule has 2 heterocycles. The largest absolute Gasteiger partial charge is 0.314 e. The summed E-state index contributed by atoms with van der Waals surface area (Å²) in [6.45, 7) is 5.03. The average molecular weight is 230 g/mol. The predicted molar refractivity (Wildman–Crippen MR) is 60.4 cm³/mol. The summed E-state index contributed by atoms with van der Waals surface area (Å²) < 4.78 is 22.7. The van der Waals surface area contributed by atoms with Crippen LogP contribution in [0.4, 0.5) is 0 Å². The SMILES string of the molecule is CCC1CNCCN1C1C=CS(=O)(=O)C1. The molecule has 1 fully saturated rings. The van der Waals surface area contributed by atoms with Crippen molar-refractivity contribution in [1.82, 2.24) is 10.2 Å². The van der Waals surface area contributed by atoms with Gasteiger partial charge in [-0.1, -0.05) is 13.0 Å². The van der Waals surface area contributed by atoms with Crippen LogP contribution in [0.5, 0.6) is 0 Å². The third-order valence-corrected chi connectivity index (χ3v) is 4.58. The van der Waals surface area contributed by atoms with Crippen molar-refractivity contribution in [3.8, 4) is 0 Å². The van der Waals surface area contributed by atoms with E-state index in [9.17, 15) is 8.42 Å². The third-order valence-electron chi connectivity index (χ3n) is 3.20. The summed E-state index contributed by atoms with van der Waals surface area (Å²) in [6.07, 6.45) is 2.90. The minimum atomic E-state index is -2.92. The molecule has 0 aromatic carbocycles. The van der Waals surface area contributed by atoms with E-state index in [1.165, 1.54) is 5.41 Å². The minimum Gasteiger partial charge on any atom is -0.314 e. The van der Waals surface area contributed by atoms with E-state index < -0.39 is 9.84 Å². The molecule has 0 radical (unpaired) electrons. The molecule has 2 unspecified atom stereocenters. The van der Waals surface area contributed by atoms with E-state index in [0.717, 1.165) is 26.1 Å². The Bertz CT molecular complexity index is 350. The molecule has 2 atom stereocenters. The average Bonchev–Trinajstić information content (AvgIpc) is 2.59. The van der Waals surface area contributed by atoms with Crippen LogP contribution < -0.4 is 5.32 Å². The van der Waals surface area contributed by atoms with E-state index in [0.29, 0.717) is 6.04 Å². The van der Waals surface area contributed by atoms with Gasteiger partial charge in [0.25, 0.3) is 0 Å². The zero-order chi connectivity index (χ0) is 10.9. The van der Waals surface area contributed by atoms with Crippen LogP contribution in [0.2, 0.25) is 0 Å². The van der Waals surface area contributed by atoms with Crippen LogP contribution in [-0.4, -0.2) is 50.8 Å². The zero-order valence-electron chi connectivity index (χ0n) is 9.02. The third kappa shape index (κ3) is 2.41. The molecule has 2 aliphatic rings. The second kappa shape index (κ2) is 4.23. The van der Waals surface area contributed by atoms with Crippen molar-refractivity contribution in [2.45, 2.75) is 25.4 Å². The highest BCUT2D eigenvalue weighted by atomic mass is 32.2. The lowest BCUT2D eigenvalue weighted by Crippen LogP contribution is -2.55. The Morgan fingerprint density at radius 3 is 2.93 bits per heavy atom. The lowest BCUT2D eigenvalue weighted by molar-refractivity contribution is 0.136. The zero-order valence-corrected chi connectivity index (χ0v) is 9.83. The smallest absolute Gasteiger partial charge is 0.173 e. The fourth-order valence-electron chi connectivity index (χ4n) is 2.36. The second-order valence-corrected chi connectivity index (χ2v) is 6.16. The molecule has 5 heteroatoms. The van der Waals surface area contributed by atoms with Crippen molar-refractivity contribution in [2.24, 2.45) is 0 Å². The topological polar surface area (TPSA) is 49.4 Å². The van der Waals surface area contributed by atoms with Crippen LogP contribution in [0.25, 0.3) is 0 Å². The van der Waals surface area contributed by atoms with Gasteiger partial charge < -0.3 is 5.32 Å². The molecule has 0 saturated carbocycles. The van der Waals surface area contributed by atoms with E-state index in [1.807, 2.05) is 6.08 Å². The van der Waals surface area contributed by atoms with Gasteiger partial charge in [0.05, 0.1) is 5.75 Å². The lowest BCUT2D eigenvalue weighted by atomic mass is 10.1. The standard InChI is InChI=1S/C10H18N2O2S/c1-2-9-7-11-4-5-12(9)10-3-6-15(13,14)8-10/h3,6,9-11H,2,4-5,7-8H2,1H3. The van der Waals surface area contributed by atoms with Crippen LogP contribution >= 0.6 is 0 Å². The Labute approximate surface area is 91.3 Å². The molecule has 1 N–H and O–H groups in total. The highest BCUT2D eigenvalue weighted by Crippen LogP contribution is 2.19. The van der Waals surface area contributed by atoms with Crippen LogP contribution in [0.3, 0.4) is 0 Å². The Kier molecular flexibility index (Phi) is 3.13. The van der Waals surface area contributed by atoms with Gasteiger partial charge in [0.2, 0.25) is 0 Å². The Hall–Kier alpha value is -0.390. The van der Waals surface area contributed by atoms with Gasteiger partial charge in [0.15, 0.2) is 9.84 Å². The maximum atomic E-state index is 11.3. The summed E-state index contributed by atoms with van der Waals surface area (Å²) in [4.78, 5) is 2.32. The minimum absolute atomic E-state index is 0.0991. The number of sulfone groups is 1. The number of nitrogens with one attached hydrogen (secondary N) is 1. The summed E-state index contributed by atoms with van der Waals surface area (Å²) in [5, 5.41) is 4.71. The molecule has 0 amide bonds. The highest BCUT2D eigenvalue weighted by Gasteiger charge is 2.32. The Morgan fingerprint density at radius 2 is 2.33 bits per heavy atom. The fraction of sp³-hybridized carbons (Fsp3) is 0.800. The van der Waals surface area contributed by atoms with Crippen molar-refractivity contribution in [3.05, 3.63) is 11.5 Å². The molecule has 15 heavy (non-hydrogen) atoms. The summed E-state index contributed by atoms with van der Waals surface area (Å²) in [5.74, 6) is 0.267. The van der Waals surface area contributed by atoms with Crippen molar-refractivity contribution < 1.29 is 8.42 Å². The van der Waals surface area contributed by atoms with Gasteiger partial charge in [-0.25, -0.2) is 8.42 Å². The molecule has 0 spiro atoms. The van der Waals surface area contributed by atoms with E-state index in [4.69, 9.17) is 0 Å². The van der Waals surface area contributed by atoms with Crippen LogP contribution in [0.1, 0.15) is 13.3 Å². The molecule has 1 saturated heterocycles. The first-order valence-electron chi connectivity index (χ1n) is 5.50. The molecule has 2 aliphatic heterocycles. The molecule has 0 aromatic rings. The number of hydrogen-bond acceptors (Lipinski definition) is 4. The van der Waals surface area contributed by atoms with Crippen LogP contribution in [0.15, 0.2) is 11.5 Å². The summed E-state index contributed by atoms with van der Waals surface area (Å²) in [6, 6.07) is 0.573. The van der Waals surface area contributed by atoms with Crippen molar-refractivity contribution in [3.63, 3.8) is 0 Å². The van der Waals surface area contributed by atoms with Crippen molar-refractivity contribution in [1.29, 1.82) is 0 Å². The fourth-order valence-corrected chi connectivity index (χ4v) is 3.67. The van der Waals surface area contributed by atoms with E-state index in [1.54, 1.807) is 0 Å². The molecular formula is C10H18N2O2S. The van der Waals surface area contributed by atoms with E-state index in [2.05, 4.69) is 17.1 Å². The molecule has 2 rings (SSSR count). The number of nitrogens with zero attached hydrogens (tertiary/aromatic N) is 1. The van der Waals surface area contributed by atoms with Gasteiger partial charge in [-0.3, -0.25) is 4.90 Å².